The lowest BCUT2D eigenvalue weighted by molar-refractivity contribution is 0.770. The standard InChI is InChI=1S/C10H13NOS/c1-9-5-4-7-11(10(9)12)6-2-3-8-13/h2-5,7,13H,6,8H2,1H3. The Morgan fingerprint density at radius 1 is 1.54 bits per heavy atom. The molecule has 3 heteroatoms. The lowest BCUT2D eigenvalue weighted by Crippen LogP contribution is -2.20. The second-order valence-corrected chi connectivity index (χ2v) is 3.17. The Morgan fingerprint density at radius 3 is 3.00 bits per heavy atom. The molecule has 0 atom stereocenters. The van der Waals surface area contributed by atoms with Gasteiger partial charge in [0.2, 0.25) is 0 Å². The van der Waals surface area contributed by atoms with Gasteiger partial charge in [-0.2, -0.15) is 12.6 Å². The summed E-state index contributed by atoms with van der Waals surface area (Å²) in [6.07, 6.45) is 5.66. The van der Waals surface area contributed by atoms with Crippen LogP contribution in [0.25, 0.3) is 0 Å². The Labute approximate surface area is 83.3 Å². The minimum absolute atomic E-state index is 0.0753. The highest BCUT2D eigenvalue weighted by Gasteiger charge is 1.94. The van der Waals surface area contributed by atoms with Crippen LogP contribution >= 0.6 is 12.6 Å². The van der Waals surface area contributed by atoms with E-state index in [2.05, 4.69) is 12.6 Å². The van der Waals surface area contributed by atoms with Gasteiger partial charge in [0.05, 0.1) is 0 Å². The molecule has 70 valence electrons. The van der Waals surface area contributed by atoms with Gasteiger partial charge in [-0.1, -0.05) is 18.2 Å². The molecular weight excluding hydrogens is 182 g/mol. The van der Waals surface area contributed by atoms with Crippen molar-refractivity contribution in [3.05, 3.63) is 46.4 Å². The summed E-state index contributed by atoms with van der Waals surface area (Å²) in [7, 11) is 0. The predicted octanol–water partition coefficient (Wildman–Crippen LogP) is 1.64. The summed E-state index contributed by atoms with van der Waals surface area (Å²) >= 11 is 4.04. The number of thiol groups is 1. The number of hydrogen-bond acceptors (Lipinski definition) is 2. The van der Waals surface area contributed by atoms with Crippen molar-refractivity contribution < 1.29 is 0 Å². The van der Waals surface area contributed by atoms with Crippen LogP contribution < -0.4 is 5.56 Å². The first-order chi connectivity index (χ1) is 6.25. The number of allylic oxidation sites excluding steroid dienone is 1. The molecule has 0 unspecified atom stereocenters. The summed E-state index contributed by atoms with van der Waals surface area (Å²) in [6, 6.07) is 3.70. The van der Waals surface area contributed by atoms with Crippen LogP contribution in [0.4, 0.5) is 0 Å². The van der Waals surface area contributed by atoms with Crippen LogP contribution in [0.1, 0.15) is 5.56 Å². The first-order valence-corrected chi connectivity index (χ1v) is 4.81. The fraction of sp³-hybridized carbons (Fsp3) is 0.300. The molecule has 0 radical (unpaired) electrons. The maximum atomic E-state index is 11.5. The Morgan fingerprint density at radius 2 is 2.31 bits per heavy atom. The fourth-order valence-electron chi connectivity index (χ4n) is 1.06. The Balaban J connectivity index is 2.84. The van der Waals surface area contributed by atoms with Crippen molar-refractivity contribution in [2.75, 3.05) is 5.75 Å². The molecule has 0 aliphatic carbocycles. The summed E-state index contributed by atoms with van der Waals surface area (Å²) in [6.45, 7) is 2.45. The van der Waals surface area contributed by atoms with Gasteiger partial charge in [0, 0.05) is 24.1 Å². The first kappa shape index (κ1) is 10.1. The average molecular weight is 195 g/mol. The van der Waals surface area contributed by atoms with Gasteiger partial charge in [0.1, 0.15) is 0 Å². The molecule has 1 heterocycles. The highest BCUT2D eigenvalue weighted by molar-refractivity contribution is 7.80. The van der Waals surface area contributed by atoms with E-state index in [0.717, 1.165) is 5.56 Å². The molecule has 0 fully saturated rings. The summed E-state index contributed by atoms with van der Waals surface area (Å²) < 4.78 is 1.68. The van der Waals surface area contributed by atoms with Gasteiger partial charge >= 0.3 is 0 Å². The van der Waals surface area contributed by atoms with Gasteiger partial charge in [-0.3, -0.25) is 4.79 Å². The maximum Gasteiger partial charge on any atom is 0.253 e. The minimum atomic E-state index is 0.0753. The zero-order chi connectivity index (χ0) is 9.68. The van der Waals surface area contributed by atoms with Crippen LogP contribution in [0.2, 0.25) is 0 Å². The largest absolute Gasteiger partial charge is 0.311 e. The van der Waals surface area contributed by atoms with Crippen molar-refractivity contribution >= 4 is 12.6 Å². The van der Waals surface area contributed by atoms with Crippen LogP contribution in [0.3, 0.4) is 0 Å². The maximum absolute atomic E-state index is 11.5. The number of aromatic nitrogens is 1. The van der Waals surface area contributed by atoms with Gasteiger partial charge in [0.25, 0.3) is 5.56 Å². The quantitative estimate of drug-likeness (QED) is 0.575. The molecule has 0 spiro atoms. The normalized spacial score (nSPS) is 10.9. The molecule has 2 nitrogen and oxygen atoms in total. The molecular formula is C10H13NOS. The van der Waals surface area contributed by atoms with Crippen molar-refractivity contribution in [3.8, 4) is 0 Å². The number of hydrogen-bond donors (Lipinski definition) is 1. The molecule has 0 amide bonds. The molecule has 0 saturated heterocycles. The SMILES string of the molecule is Cc1cccn(CC=CCS)c1=O. The lowest BCUT2D eigenvalue weighted by Gasteiger charge is -2.01. The van der Waals surface area contributed by atoms with Crippen LogP contribution in [0, 0.1) is 6.92 Å². The molecule has 1 rings (SSSR count). The van der Waals surface area contributed by atoms with E-state index in [9.17, 15) is 4.79 Å². The monoisotopic (exact) mass is 195 g/mol. The number of rotatable bonds is 3. The highest BCUT2D eigenvalue weighted by Crippen LogP contribution is 1.90. The topological polar surface area (TPSA) is 22.0 Å². The van der Waals surface area contributed by atoms with Crippen molar-refractivity contribution in [3.63, 3.8) is 0 Å². The molecule has 0 aromatic carbocycles. The van der Waals surface area contributed by atoms with Crippen LogP contribution in [-0.4, -0.2) is 10.3 Å². The summed E-state index contributed by atoms with van der Waals surface area (Å²) in [5.74, 6) is 0.709. The van der Waals surface area contributed by atoms with E-state index in [0.29, 0.717) is 12.3 Å². The fourth-order valence-corrected chi connectivity index (χ4v) is 1.21. The van der Waals surface area contributed by atoms with Gasteiger partial charge in [-0.05, 0) is 13.0 Å². The minimum Gasteiger partial charge on any atom is -0.311 e. The van der Waals surface area contributed by atoms with Crippen LogP contribution in [0.15, 0.2) is 35.3 Å². The Bertz CT molecular complexity index is 354. The molecule has 0 saturated carbocycles. The molecule has 1 aromatic heterocycles. The van der Waals surface area contributed by atoms with Crippen LogP contribution in [-0.2, 0) is 6.54 Å². The lowest BCUT2D eigenvalue weighted by atomic mass is 10.3. The van der Waals surface area contributed by atoms with E-state index in [-0.39, 0.29) is 5.56 Å². The summed E-state index contributed by atoms with van der Waals surface area (Å²) in [5.41, 5.74) is 0.855. The van der Waals surface area contributed by atoms with Gasteiger partial charge in [-0.25, -0.2) is 0 Å². The summed E-state index contributed by atoms with van der Waals surface area (Å²) in [4.78, 5) is 11.5. The van der Waals surface area contributed by atoms with Gasteiger partial charge < -0.3 is 4.57 Å². The van der Waals surface area contributed by atoms with E-state index in [1.54, 1.807) is 10.8 Å². The Kier molecular flexibility index (Phi) is 3.83. The van der Waals surface area contributed by atoms with E-state index in [1.165, 1.54) is 0 Å². The van der Waals surface area contributed by atoms with E-state index < -0.39 is 0 Å². The Hall–Kier alpha value is -0.960. The van der Waals surface area contributed by atoms with E-state index in [4.69, 9.17) is 0 Å². The smallest absolute Gasteiger partial charge is 0.253 e. The van der Waals surface area contributed by atoms with Crippen molar-refractivity contribution in [2.24, 2.45) is 0 Å². The van der Waals surface area contributed by atoms with E-state index in [1.807, 2.05) is 31.2 Å². The first-order valence-electron chi connectivity index (χ1n) is 4.17. The second-order valence-electron chi connectivity index (χ2n) is 2.80. The second kappa shape index (κ2) is 4.92. The zero-order valence-electron chi connectivity index (χ0n) is 7.60. The third kappa shape index (κ3) is 2.77. The number of pyridine rings is 1. The molecule has 0 aliphatic rings. The molecule has 0 N–H and O–H groups in total. The van der Waals surface area contributed by atoms with Crippen molar-refractivity contribution in [2.45, 2.75) is 13.5 Å². The van der Waals surface area contributed by atoms with Crippen molar-refractivity contribution in [1.29, 1.82) is 0 Å². The third-order valence-corrected chi connectivity index (χ3v) is 2.00. The highest BCUT2D eigenvalue weighted by atomic mass is 32.1. The predicted molar refractivity (Wildman–Crippen MR) is 58.4 cm³/mol. The van der Waals surface area contributed by atoms with Crippen molar-refractivity contribution in [1.82, 2.24) is 4.57 Å². The third-order valence-electron chi connectivity index (χ3n) is 1.78. The number of aryl methyl sites for hydroxylation is 1. The molecule has 0 bridgehead atoms. The van der Waals surface area contributed by atoms with E-state index >= 15 is 0 Å². The molecule has 1 aromatic rings. The van der Waals surface area contributed by atoms with Gasteiger partial charge in [-0.15, -0.1) is 0 Å². The van der Waals surface area contributed by atoms with Crippen LogP contribution in [0.5, 0.6) is 0 Å². The summed E-state index contributed by atoms with van der Waals surface area (Å²) in [5, 5.41) is 0. The molecule has 13 heavy (non-hydrogen) atoms. The van der Waals surface area contributed by atoms with Gasteiger partial charge in [0.15, 0.2) is 0 Å². The average Bonchev–Trinajstić information content (AvgIpc) is 2.13. The number of nitrogens with zero attached hydrogens (tertiary/aromatic N) is 1. The zero-order valence-corrected chi connectivity index (χ0v) is 8.50. The molecule has 0 aliphatic heterocycles.